The van der Waals surface area contributed by atoms with Crippen molar-refractivity contribution in [3.8, 4) is 0 Å². The molecule has 6 N–H and O–H groups in total. The van der Waals surface area contributed by atoms with E-state index in [0.29, 0.717) is 22.5 Å². The average Bonchev–Trinajstić information content (AvgIpc) is 1.65. The van der Waals surface area contributed by atoms with Crippen LogP contribution in [0.5, 0.6) is 0 Å². The Balaban J connectivity index is 0.000000756. The summed E-state index contributed by atoms with van der Waals surface area (Å²) in [5.74, 6) is 0.400. The van der Waals surface area contributed by atoms with Crippen LogP contribution in [0, 0.1) is 55.4 Å². The van der Waals surface area contributed by atoms with Crippen LogP contribution in [0.3, 0.4) is 0 Å². The number of ether oxygens (including phenoxy) is 2. The van der Waals surface area contributed by atoms with E-state index in [9.17, 15) is 43.8 Å². The van der Waals surface area contributed by atoms with E-state index in [1.54, 1.807) is 19.9 Å². The standard InChI is InChI=1S/C18H15P.C9H10BN3O2.C9H12BNO2.C9H10Br2O.2C9H8Br2O.C9H10BrN3O.2C9H9BrO.2C4H8O.CH3F.ClH.N3.Na/c1-4-10-16(11-5-1)19(17-12-6-2-7-13-17)18-14-8-3-9-15-18;1-6-3-2-4-7-8(5-12-13-11)15-10(14)9(6)7;1-6-3-2-4-7-8(5-11)13-10(12)9(6)7;3*1-6-3-2-4-7(9(6)11)8(12)5-10;1-6-3-2-4-7(9(6)10)8(14)5-12-13-11;2*1-6-4-3-5-8(7(2)11)9(6)10;2*1-2-4-5-3-1;1-2;;1-3-2;/h1-15H;2-4,8,14H,5H2,1H3;2-4,8,12H,5,11H2,1H3;2-4,8,12H,5H2,1H3;2*2-4H,5H2,1H3;2-4,8,14H,5H2,1H3;2*3-5H,1-2H3;2*1-4H2;1H3;1H;;/q;;;;;;;;;;;;;-1;+1/t;3*8-;;;8-;;;;;;;;/m.111..1......../s1/i;;;;;;;;;;;1D;;;. The number of aliphatic hydroxyl groups is 2. The molecule has 0 bridgehead atoms. The summed E-state index contributed by atoms with van der Waals surface area (Å²) >= 11 is 29.8. The fourth-order valence-corrected chi connectivity index (χ4v) is 19.1. The number of ketones is 4. The first-order valence-electron chi connectivity index (χ1n) is 42.5. The molecule has 0 aromatic heterocycles. The number of hydrogen-bond acceptors (Lipinski definition) is 15. The monoisotopic (exact) mass is 2470 g/mol. The average molecular weight is 2480 g/mol. The zero-order valence-electron chi connectivity index (χ0n) is 78.4. The van der Waals surface area contributed by atoms with Crippen molar-refractivity contribution < 1.29 is 93.5 Å². The number of Topliss-reactive ketones (excluding diaryl/α,β-unsaturated/α-hetero) is 4. The maximum atomic E-state index is 11.3. The molecule has 0 spiro atoms. The molecule has 22 nitrogen and oxygen atoms in total. The Labute approximate surface area is 905 Å². The van der Waals surface area contributed by atoms with Crippen molar-refractivity contribution >= 4 is 228 Å². The molecule has 0 amide bonds. The van der Waals surface area contributed by atoms with Gasteiger partial charge in [-0.3, -0.25) is 28.5 Å². The number of azide groups is 2. The van der Waals surface area contributed by atoms with Crippen molar-refractivity contribution in [3.05, 3.63) is 389 Å². The Morgan fingerprint density at radius 1 is 0.449 bits per heavy atom. The van der Waals surface area contributed by atoms with E-state index in [1.165, 1.54) is 46.5 Å². The summed E-state index contributed by atoms with van der Waals surface area (Å²) in [7, 11) is -3.15. The SMILES string of the molecule is C1CCOC1.C1CCOC1.CC(=O)c1cccc(C)c1Br.CC(=O)c1cccc(C)c1Br.Cc1cccc(C(=O)CBr)c1Br.Cc1cccc(C(=O)CBr)c1Br.Cc1cccc([C@H](O)CBr)c1Br.Cc1cccc([C@H](O)CN=[N+]=[N-])c1Br.Cc1cccc2c1B(O)O[C@@H]2CN.Cc1cccc2c1B(O)O[C@@H]2CN=[N+]=[N-].Cl.[2H]CF.[N-]=[N+]=[N-].[Na+].c1ccc(P(c2ccccc2)c2ccccc2)cc1. The second kappa shape index (κ2) is 72.9. The van der Waals surface area contributed by atoms with Gasteiger partial charge >= 0.3 is 43.8 Å². The Morgan fingerprint density at radius 3 is 1.01 bits per heavy atom. The Kier molecular flexibility index (Phi) is 67.5. The van der Waals surface area contributed by atoms with Gasteiger partial charge in [-0.05, 0) is 260 Å². The molecule has 2 fully saturated rings. The summed E-state index contributed by atoms with van der Waals surface area (Å²) in [4.78, 5) is 51.4. The number of rotatable bonds is 17. The molecule has 15 rings (SSSR count). The molecular weight excluding hydrogens is 2370 g/mol. The van der Waals surface area contributed by atoms with E-state index in [0.717, 1.165) is 153 Å². The Hall–Kier alpha value is -6.23. The quantitative estimate of drug-likeness (QED) is 0.0108. The molecule has 2 saturated heterocycles. The first-order valence-corrected chi connectivity index (χ1v) is 51.3. The van der Waals surface area contributed by atoms with E-state index >= 15 is 0 Å². The van der Waals surface area contributed by atoms with Crippen LogP contribution in [0.2, 0.25) is 0 Å². The van der Waals surface area contributed by atoms with Gasteiger partial charge in [0.05, 0.1) is 56.7 Å². The maximum absolute atomic E-state index is 11.3. The van der Waals surface area contributed by atoms with Gasteiger partial charge in [0.15, 0.2) is 23.1 Å². The van der Waals surface area contributed by atoms with Gasteiger partial charge in [0, 0.05) is 97.2 Å². The van der Waals surface area contributed by atoms with E-state index in [1.807, 2.05) is 195 Å². The molecule has 0 saturated carbocycles. The van der Waals surface area contributed by atoms with Crippen LogP contribution in [-0.2, 0) is 18.8 Å². The molecule has 136 heavy (non-hydrogen) atoms. The number of alkyl halides is 4. The number of aliphatic hydroxyl groups excluding tert-OH is 2. The zero-order chi connectivity index (χ0) is 100. The number of aryl methyl sites for hydroxylation is 8. The molecule has 0 aliphatic carbocycles. The number of halogens is 11. The third-order valence-corrected chi connectivity index (χ3v) is 30.2. The molecular formula is C99H111B2Br9ClFN10NaO12P. The topological polar surface area (TPSA) is 368 Å². The Morgan fingerprint density at radius 2 is 0.728 bits per heavy atom. The van der Waals surface area contributed by atoms with Crippen molar-refractivity contribution in [1.29, 1.82) is 0 Å². The zero-order valence-corrected chi connectivity index (χ0v) is 95.4. The second-order valence-corrected chi connectivity index (χ2v) is 38.1. The molecule has 4 heterocycles. The number of nitrogens with two attached hydrogens (primary N) is 1. The number of hydrogen-bond donors (Lipinski definition) is 5. The minimum Gasteiger partial charge on any atom is -0.423 e. The molecule has 0 unspecified atom stereocenters. The van der Waals surface area contributed by atoms with Gasteiger partial charge in [0.2, 0.25) is 0 Å². The molecule has 0 radical (unpaired) electrons. The van der Waals surface area contributed by atoms with Gasteiger partial charge < -0.3 is 55.8 Å². The minimum atomic E-state index is -1.00. The van der Waals surface area contributed by atoms with Crippen LogP contribution in [0.4, 0.5) is 4.39 Å². The molecule has 4 aliphatic rings. The molecule has 37 heteroatoms. The van der Waals surface area contributed by atoms with Gasteiger partial charge in [-0.25, -0.2) is 0 Å². The fraction of sp³-hybridized carbons (Fsp3) is 0.293. The van der Waals surface area contributed by atoms with E-state index in [4.69, 9.17) is 48.0 Å². The van der Waals surface area contributed by atoms with E-state index in [2.05, 4.69) is 254 Å². The van der Waals surface area contributed by atoms with Crippen LogP contribution in [0.1, 0.15) is 174 Å². The third kappa shape index (κ3) is 44.1. The largest absolute Gasteiger partial charge is 1.00 e. The number of fused-ring (bicyclic) bond motifs is 2. The first-order chi connectivity index (χ1) is 64.7. The van der Waals surface area contributed by atoms with Crippen molar-refractivity contribution in [2.24, 2.45) is 16.0 Å². The number of carbonyl (C=O) groups excluding carboxylic acids is 4. The predicted octanol–water partition coefficient (Wildman–Crippen LogP) is 23.6. The minimum absolute atomic E-state index is 0. The van der Waals surface area contributed by atoms with Gasteiger partial charge in [-0.1, -0.05) is 338 Å². The number of carbonyl (C=O) groups is 4. The fourth-order valence-electron chi connectivity index (χ4n) is 12.7. The van der Waals surface area contributed by atoms with Crippen molar-refractivity contribution in [3.63, 3.8) is 0 Å². The second-order valence-electron chi connectivity index (χ2n) is 29.4. The van der Waals surface area contributed by atoms with Crippen molar-refractivity contribution in [2.75, 3.05) is 69.2 Å². The molecule has 4 aliphatic heterocycles. The number of benzene rings is 11. The maximum Gasteiger partial charge on any atom is 1.00 e. The van der Waals surface area contributed by atoms with Crippen molar-refractivity contribution in [2.45, 2.75) is 119 Å². The summed E-state index contributed by atoms with van der Waals surface area (Å²) in [5.41, 5.74) is 52.3. The molecule has 4 atom stereocenters. The van der Waals surface area contributed by atoms with Gasteiger partial charge in [0.1, 0.15) is 0 Å². The molecule has 11 aromatic carbocycles. The third-order valence-electron chi connectivity index (χ3n) is 19.7. The predicted molar refractivity (Wildman–Crippen MR) is 585 cm³/mol. The van der Waals surface area contributed by atoms with Crippen LogP contribution in [0.25, 0.3) is 36.9 Å². The molecule has 718 valence electrons. The first kappa shape index (κ1) is 126. The summed E-state index contributed by atoms with van der Waals surface area (Å²) in [5, 5.41) is 50.8. The van der Waals surface area contributed by atoms with Crippen LogP contribution < -0.4 is 62.1 Å². The van der Waals surface area contributed by atoms with E-state index < -0.39 is 41.5 Å². The van der Waals surface area contributed by atoms with E-state index in [-0.39, 0.29) is 90.4 Å². The van der Waals surface area contributed by atoms with Gasteiger partial charge in [-0.2, -0.15) is 0 Å². The van der Waals surface area contributed by atoms with Gasteiger partial charge in [0.25, 0.3) is 0 Å². The van der Waals surface area contributed by atoms with Gasteiger partial charge in [-0.15, -0.1) is 12.4 Å². The summed E-state index contributed by atoms with van der Waals surface area (Å²) in [6, 6.07) is 78.1. The summed E-state index contributed by atoms with van der Waals surface area (Å²) in [6.07, 6.45) is 3.45. The summed E-state index contributed by atoms with van der Waals surface area (Å²) in [6.45, 7) is 23.5. The smallest absolute Gasteiger partial charge is 0.423 e. The number of nitrogens with zero attached hydrogens (tertiary/aromatic N) is 9. The Bertz CT molecular complexity index is 5410. The summed E-state index contributed by atoms with van der Waals surface area (Å²) < 4.78 is 41.5. The van der Waals surface area contributed by atoms with Crippen molar-refractivity contribution in [1.82, 2.24) is 0 Å². The van der Waals surface area contributed by atoms with Crippen LogP contribution in [0.15, 0.2) is 274 Å². The normalized spacial score (nSPS) is 13.1. The van der Waals surface area contributed by atoms with Crippen LogP contribution in [-0.4, -0.2) is 127 Å². The van der Waals surface area contributed by atoms with Crippen LogP contribution >= 0.6 is 164 Å². The molecule has 11 aromatic rings.